The molecule has 0 aliphatic carbocycles. The zero-order chi connectivity index (χ0) is 14.9. The molecule has 0 unspecified atom stereocenters. The Balaban J connectivity index is 1.93. The van der Waals surface area contributed by atoms with Gasteiger partial charge in [0.15, 0.2) is 11.5 Å². The molecule has 2 aromatic rings. The van der Waals surface area contributed by atoms with Crippen molar-refractivity contribution in [2.24, 2.45) is 0 Å². The summed E-state index contributed by atoms with van der Waals surface area (Å²) in [5, 5.41) is 3.12. The van der Waals surface area contributed by atoms with Gasteiger partial charge in [0.05, 0.1) is 0 Å². The molecule has 0 radical (unpaired) electrons. The van der Waals surface area contributed by atoms with Gasteiger partial charge in [0, 0.05) is 36.5 Å². The number of nitrogens with zero attached hydrogens (tertiary/aromatic N) is 1. The van der Waals surface area contributed by atoms with Gasteiger partial charge in [-0.05, 0) is 33.0 Å². The van der Waals surface area contributed by atoms with Crippen LogP contribution in [0.1, 0.15) is 25.0 Å². The van der Waals surface area contributed by atoms with E-state index in [9.17, 15) is 0 Å². The van der Waals surface area contributed by atoms with Gasteiger partial charge in [0.2, 0.25) is 0 Å². The number of fused-ring (bicyclic) bond motifs is 1. The molecule has 0 fully saturated rings. The zero-order valence-electron chi connectivity index (χ0n) is 12.6. The first-order chi connectivity index (χ1) is 10.1. The molecular weight excluding hydrogens is 264 g/mol. The number of nitrogens with one attached hydrogen (secondary N) is 1. The van der Waals surface area contributed by atoms with Gasteiger partial charge in [-0.25, -0.2) is 0 Å². The second kappa shape index (κ2) is 5.37. The van der Waals surface area contributed by atoms with Gasteiger partial charge in [0.1, 0.15) is 11.4 Å². The summed E-state index contributed by atoms with van der Waals surface area (Å²) in [5.74, 6) is 2.43. The molecule has 1 aromatic heterocycles. The molecule has 110 valence electrons. The summed E-state index contributed by atoms with van der Waals surface area (Å²) in [6.45, 7) is 4.90. The lowest BCUT2D eigenvalue weighted by molar-refractivity contribution is 0.135. The fourth-order valence-electron chi connectivity index (χ4n) is 2.62. The first-order valence-corrected chi connectivity index (χ1v) is 7.15. The van der Waals surface area contributed by atoms with E-state index in [1.807, 2.05) is 31.4 Å². The third-order valence-electron chi connectivity index (χ3n) is 3.50. The summed E-state index contributed by atoms with van der Waals surface area (Å²) in [7, 11) is 1.91. The topological polar surface area (TPSA) is 43.4 Å². The Hall–Kier alpha value is -2.07. The highest BCUT2D eigenvalue weighted by molar-refractivity contribution is 5.52. The van der Waals surface area contributed by atoms with E-state index in [1.54, 1.807) is 6.20 Å². The van der Waals surface area contributed by atoms with Crippen LogP contribution >= 0.6 is 0 Å². The summed E-state index contributed by atoms with van der Waals surface area (Å²) in [6, 6.07) is 7.94. The van der Waals surface area contributed by atoms with Crippen LogP contribution < -0.4 is 14.8 Å². The van der Waals surface area contributed by atoms with Crippen molar-refractivity contribution in [2.75, 3.05) is 7.05 Å². The largest absolute Gasteiger partial charge is 0.483 e. The van der Waals surface area contributed by atoms with Crippen LogP contribution in [0.3, 0.4) is 0 Å². The normalized spacial score (nSPS) is 15.4. The lowest BCUT2D eigenvalue weighted by Crippen LogP contribution is -2.24. The fraction of sp³-hybridized carbons (Fsp3) is 0.353. The Morgan fingerprint density at radius 3 is 2.95 bits per heavy atom. The van der Waals surface area contributed by atoms with Crippen LogP contribution in [0.25, 0.3) is 0 Å². The van der Waals surface area contributed by atoms with E-state index in [1.165, 1.54) is 5.56 Å². The van der Waals surface area contributed by atoms with Gasteiger partial charge in [-0.1, -0.05) is 12.1 Å². The number of aromatic nitrogens is 1. The van der Waals surface area contributed by atoms with E-state index in [0.717, 1.165) is 29.2 Å². The zero-order valence-corrected chi connectivity index (χ0v) is 12.6. The van der Waals surface area contributed by atoms with Crippen LogP contribution in [-0.2, 0) is 13.0 Å². The molecule has 1 N–H and O–H groups in total. The number of ether oxygens (including phenoxy) is 2. The number of rotatable bonds is 4. The number of hydrogen-bond donors (Lipinski definition) is 1. The van der Waals surface area contributed by atoms with Crippen LogP contribution in [0.2, 0.25) is 0 Å². The number of para-hydroxylation sites is 1. The van der Waals surface area contributed by atoms with Crippen LogP contribution in [0.15, 0.2) is 36.7 Å². The molecule has 3 rings (SSSR count). The second-order valence-electron chi connectivity index (χ2n) is 5.90. The Kier molecular flexibility index (Phi) is 3.55. The van der Waals surface area contributed by atoms with Crippen LogP contribution in [0.4, 0.5) is 0 Å². The van der Waals surface area contributed by atoms with Crippen LogP contribution in [0.5, 0.6) is 17.2 Å². The highest BCUT2D eigenvalue weighted by Gasteiger charge is 2.32. The second-order valence-corrected chi connectivity index (χ2v) is 5.90. The van der Waals surface area contributed by atoms with Gasteiger partial charge in [-0.15, -0.1) is 0 Å². The Labute approximate surface area is 125 Å². The summed E-state index contributed by atoms with van der Waals surface area (Å²) < 4.78 is 12.1. The van der Waals surface area contributed by atoms with E-state index in [-0.39, 0.29) is 5.60 Å². The Morgan fingerprint density at radius 1 is 1.29 bits per heavy atom. The molecule has 0 bridgehead atoms. The van der Waals surface area contributed by atoms with E-state index in [0.29, 0.717) is 6.54 Å². The Bertz CT molecular complexity index is 653. The van der Waals surface area contributed by atoms with Crippen molar-refractivity contribution >= 4 is 0 Å². The van der Waals surface area contributed by atoms with Crippen molar-refractivity contribution in [3.05, 3.63) is 47.8 Å². The maximum Gasteiger partial charge on any atom is 0.169 e. The van der Waals surface area contributed by atoms with Gasteiger partial charge < -0.3 is 14.8 Å². The monoisotopic (exact) mass is 284 g/mol. The molecule has 2 heterocycles. The van der Waals surface area contributed by atoms with Crippen molar-refractivity contribution in [3.63, 3.8) is 0 Å². The summed E-state index contributed by atoms with van der Waals surface area (Å²) >= 11 is 0. The lowest BCUT2D eigenvalue weighted by Gasteiger charge is -2.18. The molecule has 1 aliphatic rings. The van der Waals surface area contributed by atoms with Gasteiger partial charge in [-0.3, -0.25) is 4.98 Å². The van der Waals surface area contributed by atoms with E-state index in [2.05, 4.69) is 30.2 Å². The van der Waals surface area contributed by atoms with Crippen LogP contribution in [-0.4, -0.2) is 17.6 Å². The first kappa shape index (κ1) is 13.9. The van der Waals surface area contributed by atoms with Crippen molar-refractivity contribution in [3.8, 4) is 17.2 Å². The maximum atomic E-state index is 6.09. The molecule has 4 nitrogen and oxygen atoms in total. The summed E-state index contributed by atoms with van der Waals surface area (Å²) in [5.41, 5.74) is 2.05. The standard InChI is InChI=1S/C17H20N2O2/c1-17(2)9-12-5-4-6-15(16(12)21-17)20-14-7-8-19-11-13(14)10-18-3/h4-8,11,18H,9-10H2,1-3H3. The van der Waals surface area contributed by atoms with Crippen molar-refractivity contribution < 1.29 is 9.47 Å². The smallest absolute Gasteiger partial charge is 0.169 e. The average molecular weight is 284 g/mol. The number of pyridine rings is 1. The van der Waals surface area contributed by atoms with E-state index in [4.69, 9.17) is 9.47 Å². The molecule has 0 atom stereocenters. The molecular formula is C17H20N2O2. The molecule has 0 spiro atoms. The minimum Gasteiger partial charge on any atom is -0.483 e. The highest BCUT2D eigenvalue weighted by Crippen LogP contribution is 2.43. The molecule has 0 saturated carbocycles. The fourth-order valence-corrected chi connectivity index (χ4v) is 2.62. The molecule has 0 saturated heterocycles. The minimum atomic E-state index is -0.173. The van der Waals surface area contributed by atoms with Crippen LogP contribution in [0, 0.1) is 0 Å². The Morgan fingerprint density at radius 2 is 2.14 bits per heavy atom. The quantitative estimate of drug-likeness (QED) is 0.935. The summed E-state index contributed by atoms with van der Waals surface area (Å²) in [4.78, 5) is 4.15. The van der Waals surface area contributed by atoms with Crippen molar-refractivity contribution in [1.82, 2.24) is 10.3 Å². The lowest BCUT2D eigenvalue weighted by atomic mass is 10.0. The van der Waals surface area contributed by atoms with Gasteiger partial charge in [0.25, 0.3) is 0 Å². The SMILES string of the molecule is CNCc1cnccc1Oc1cccc2c1OC(C)(C)C2. The molecule has 1 aromatic carbocycles. The van der Waals surface area contributed by atoms with Crippen molar-refractivity contribution in [2.45, 2.75) is 32.4 Å². The highest BCUT2D eigenvalue weighted by atomic mass is 16.5. The predicted octanol–water partition coefficient (Wildman–Crippen LogP) is 3.31. The predicted molar refractivity (Wildman–Crippen MR) is 81.9 cm³/mol. The molecule has 21 heavy (non-hydrogen) atoms. The average Bonchev–Trinajstić information content (AvgIpc) is 2.76. The van der Waals surface area contributed by atoms with Gasteiger partial charge >= 0.3 is 0 Å². The first-order valence-electron chi connectivity index (χ1n) is 7.15. The molecule has 4 heteroatoms. The molecule has 1 aliphatic heterocycles. The number of hydrogen-bond acceptors (Lipinski definition) is 4. The summed E-state index contributed by atoms with van der Waals surface area (Å²) in [6.07, 6.45) is 4.46. The van der Waals surface area contributed by atoms with E-state index < -0.39 is 0 Å². The maximum absolute atomic E-state index is 6.09. The van der Waals surface area contributed by atoms with Crippen molar-refractivity contribution in [1.29, 1.82) is 0 Å². The minimum absolute atomic E-state index is 0.173. The van der Waals surface area contributed by atoms with E-state index >= 15 is 0 Å². The molecule has 0 amide bonds. The number of benzene rings is 1. The third kappa shape index (κ3) is 2.85. The third-order valence-corrected chi connectivity index (χ3v) is 3.50. The van der Waals surface area contributed by atoms with Gasteiger partial charge in [-0.2, -0.15) is 0 Å².